The van der Waals surface area contributed by atoms with E-state index in [1.165, 1.54) is 17.3 Å². The second-order valence-electron chi connectivity index (χ2n) is 6.84. The number of thioether (sulfide) groups is 1. The molecule has 0 atom stereocenters. The minimum atomic E-state index is -0.157. The van der Waals surface area contributed by atoms with E-state index in [4.69, 9.17) is 11.6 Å². The highest BCUT2D eigenvalue weighted by Gasteiger charge is 2.17. The summed E-state index contributed by atoms with van der Waals surface area (Å²) in [5, 5.41) is 12.8. The molecule has 0 saturated carbocycles. The number of nitrogens with zero attached hydrogens (tertiary/aromatic N) is 3. The lowest BCUT2D eigenvalue weighted by molar-refractivity contribution is -0.113. The Morgan fingerprint density at radius 3 is 2.39 bits per heavy atom. The molecule has 0 unspecified atom stereocenters. The summed E-state index contributed by atoms with van der Waals surface area (Å²) in [5.41, 5.74) is 3.76. The molecule has 0 fully saturated rings. The quantitative estimate of drug-likeness (QED) is 0.358. The number of anilines is 1. The van der Waals surface area contributed by atoms with Gasteiger partial charge in [-0.15, -0.1) is 10.2 Å². The van der Waals surface area contributed by atoms with E-state index in [1.807, 2.05) is 47.0 Å². The first-order valence-corrected chi connectivity index (χ1v) is 11.3. The maximum Gasteiger partial charge on any atom is 0.234 e. The van der Waals surface area contributed by atoms with Gasteiger partial charge in [-0.2, -0.15) is 0 Å². The number of amides is 1. The average molecular weight is 449 g/mol. The number of para-hydroxylation sites is 1. The van der Waals surface area contributed by atoms with E-state index < -0.39 is 0 Å². The van der Waals surface area contributed by atoms with Gasteiger partial charge in [0.25, 0.3) is 0 Å². The summed E-state index contributed by atoms with van der Waals surface area (Å²) in [7, 11) is 0. The SMILES string of the molecule is CCc1ccc(-n2c(SCC(=O)Nc3ccccc3Cl)nnc2-c2ccccc2)cc1. The first-order valence-electron chi connectivity index (χ1n) is 9.93. The molecule has 1 amide bonds. The zero-order chi connectivity index (χ0) is 21.6. The van der Waals surface area contributed by atoms with E-state index in [2.05, 4.69) is 46.7 Å². The van der Waals surface area contributed by atoms with E-state index in [9.17, 15) is 4.79 Å². The van der Waals surface area contributed by atoms with Gasteiger partial charge in [0.2, 0.25) is 5.91 Å². The molecule has 0 aliphatic carbocycles. The Bertz CT molecular complexity index is 1180. The van der Waals surface area contributed by atoms with Crippen molar-refractivity contribution in [1.82, 2.24) is 14.8 Å². The number of hydrogen-bond acceptors (Lipinski definition) is 4. The number of halogens is 1. The first kappa shape index (κ1) is 21.2. The van der Waals surface area contributed by atoms with Crippen molar-refractivity contribution in [2.24, 2.45) is 0 Å². The van der Waals surface area contributed by atoms with Gasteiger partial charge < -0.3 is 5.32 Å². The van der Waals surface area contributed by atoms with Crippen LogP contribution in [0.3, 0.4) is 0 Å². The van der Waals surface area contributed by atoms with E-state index in [1.54, 1.807) is 12.1 Å². The molecule has 0 aliphatic rings. The standard InChI is InChI=1S/C24H21ClN4OS/c1-2-17-12-14-19(15-13-17)29-23(18-8-4-3-5-9-18)27-28-24(29)31-16-22(30)26-21-11-7-6-10-20(21)25/h3-15H,2,16H2,1H3,(H,26,30). The number of rotatable bonds is 7. The monoisotopic (exact) mass is 448 g/mol. The zero-order valence-electron chi connectivity index (χ0n) is 17.0. The van der Waals surface area contributed by atoms with Crippen LogP contribution in [0.25, 0.3) is 17.1 Å². The number of hydrogen-bond donors (Lipinski definition) is 1. The molecule has 156 valence electrons. The third-order valence-electron chi connectivity index (χ3n) is 4.75. The summed E-state index contributed by atoms with van der Waals surface area (Å²) in [5.74, 6) is 0.764. The van der Waals surface area contributed by atoms with Gasteiger partial charge in [-0.05, 0) is 36.2 Å². The van der Waals surface area contributed by atoms with Crippen LogP contribution in [0, 0.1) is 0 Å². The van der Waals surface area contributed by atoms with Crippen molar-refractivity contribution >= 4 is 35.0 Å². The summed E-state index contributed by atoms with van der Waals surface area (Å²) in [4.78, 5) is 12.5. The number of aryl methyl sites for hydroxylation is 1. The van der Waals surface area contributed by atoms with Crippen molar-refractivity contribution in [2.75, 3.05) is 11.1 Å². The molecule has 1 heterocycles. The van der Waals surface area contributed by atoms with Gasteiger partial charge in [0, 0.05) is 11.3 Å². The molecule has 1 aromatic heterocycles. The second-order valence-corrected chi connectivity index (χ2v) is 8.19. The van der Waals surface area contributed by atoms with Crippen molar-refractivity contribution in [2.45, 2.75) is 18.5 Å². The molecular weight excluding hydrogens is 428 g/mol. The Morgan fingerprint density at radius 2 is 1.68 bits per heavy atom. The molecule has 1 N–H and O–H groups in total. The van der Waals surface area contributed by atoms with Crippen molar-refractivity contribution in [3.8, 4) is 17.1 Å². The van der Waals surface area contributed by atoms with Crippen LogP contribution < -0.4 is 5.32 Å². The van der Waals surface area contributed by atoms with Crippen LogP contribution >= 0.6 is 23.4 Å². The first-order chi connectivity index (χ1) is 15.2. The smallest absolute Gasteiger partial charge is 0.234 e. The molecule has 0 radical (unpaired) electrons. The number of carbonyl (C=O) groups excluding carboxylic acids is 1. The Balaban J connectivity index is 1.60. The Kier molecular flexibility index (Phi) is 6.70. The lowest BCUT2D eigenvalue weighted by atomic mass is 10.1. The van der Waals surface area contributed by atoms with Crippen LogP contribution in [-0.4, -0.2) is 26.4 Å². The highest BCUT2D eigenvalue weighted by molar-refractivity contribution is 7.99. The van der Waals surface area contributed by atoms with Crippen molar-refractivity contribution in [3.63, 3.8) is 0 Å². The molecule has 7 heteroatoms. The van der Waals surface area contributed by atoms with Gasteiger partial charge in [-0.25, -0.2) is 0 Å². The maximum atomic E-state index is 12.5. The maximum absolute atomic E-state index is 12.5. The van der Waals surface area contributed by atoms with Gasteiger partial charge in [-0.1, -0.05) is 84.9 Å². The molecule has 0 bridgehead atoms. The molecule has 0 saturated heterocycles. The number of benzene rings is 3. The summed E-state index contributed by atoms with van der Waals surface area (Å²) in [6.45, 7) is 2.13. The lowest BCUT2D eigenvalue weighted by Gasteiger charge is -2.11. The fraction of sp³-hybridized carbons (Fsp3) is 0.125. The molecule has 4 aromatic rings. The fourth-order valence-corrected chi connectivity index (χ4v) is 4.06. The minimum absolute atomic E-state index is 0.157. The largest absolute Gasteiger partial charge is 0.324 e. The Labute approximate surface area is 190 Å². The molecular formula is C24H21ClN4OS. The normalized spacial score (nSPS) is 10.8. The fourth-order valence-electron chi connectivity index (χ4n) is 3.13. The van der Waals surface area contributed by atoms with Crippen LogP contribution in [-0.2, 0) is 11.2 Å². The predicted octanol–water partition coefficient (Wildman–Crippen LogP) is 5.88. The number of nitrogens with one attached hydrogen (secondary N) is 1. The Hall–Kier alpha value is -3.09. The predicted molar refractivity (Wildman–Crippen MR) is 127 cm³/mol. The molecule has 0 spiro atoms. The molecule has 5 nitrogen and oxygen atoms in total. The second kappa shape index (κ2) is 9.81. The van der Waals surface area contributed by atoms with Gasteiger partial charge >= 0.3 is 0 Å². The van der Waals surface area contributed by atoms with E-state index >= 15 is 0 Å². The van der Waals surface area contributed by atoms with E-state index in [-0.39, 0.29) is 11.7 Å². The van der Waals surface area contributed by atoms with Crippen LogP contribution in [0.4, 0.5) is 5.69 Å². The average Bonchev–Trinajstić information content (AvgIpc) is 3.24. The Morgan fingerprint density at radius 1 is 0.968 bits per heavy atom. The third kappa shape index (κ3) is 4.98. The summed E-state index contributed by atoms with van der Waals surface area (Å²) < 4.78 is 1.99. The van der Waals surface area contributed by atoms with Gasteiger partial charge in [0.15, 0.2) is 11.0 Å². The third-order valence-corrected chi connectivity index (χ3v) is 6.01. The highest BCUT2D eigenvalue weighted by Crippen LogP contribution is 2.28. The van der Waals surface area contributed by atoms with Crippen molar-refractivity contribution < 1.29 is 4.79 Å². The van der Waals surface area contributed by atoms with Gasteiger partial charge in [0.05, 0.1) is 16.5 Å². The van der Waals surface area contributed by atoms with Crippen LogP contribution in [0.15, 0.2) is 84.0 Å². The van der Waals surface area contributed by atoms with E-state index in [0.29, 0.717) is 15.9 Å². The lowest BCUT2D eigenvalue weighted by Crippen LogP contribution is -2.14. The molecule has 31 heavy (non-hydrogen) atoms. The van der Waals surface area contributed by atoms with Crippen LogP contribution in [0.5, 0.6) is 0 Å². The van der Waals surface area contributed by atoms with Crippen molar-refractivity contribution in [3.05, 3.63) is 89.4 Å². The van der Waals surface area contributed by atoms with Crippen LogP contribution in [0.2, 0.25) is 5.02 Å². The molecule has 3 aromatic carbocycles. The minimum Gasteiger partial charge on any atom is -0.324 e. The molecule has 4 rings (SSSR count). The summed E-state index contributed by atoms with van der Waals surface area (Å²) >= 11 is 7.47. The van der Waals surface area contributed by atoms with Gasteiger partial charge in [-0.3, -0.25) is 9.36 Å². The molecule has 0 aliphatic heterocycles. The van der Waals surface area contributed by atoms with Crippen LogP contribution in [0.1, 0.15) is 12.5 Å². The summed E-state index contributed by atoms with van der Waals surface area (Å²) in [6, 6.07) is 25.4. The topological polar surface area (TPSA) is 59.8 Å². The van der Waals surface area contributed by atoms with Gasteiger partial charge in [0.1, 0.15) is 0 Å². The zero-order valence-corrected chi connectivity index (χ0v) is 18.5. The number of aromatic nitrogens is 3. The highest BCUT2D eigenvalue weighted by atomic mass is 35.5. The van der Waals surface area contributed by atoms with Crippen molar-refractivity contribution in [1.29, 1.82) is 0 Å². The summed E-state index contributed by atoms with van der Waals surface area (Å²) in [6.07, 6.45) is 0.970. The van der Waals surface area contributed by atoms with E-state index in [0.717, 1.165) is 23.5 Å². The number of carbonyl (C=O) groups is 1.